The van der Waals surface area contributed by atoms with Gasteiger partial charge < -0.3 is 4.18 Å². The Balaban J connectivity index is 3.24. The van der Waals surface area contributed by atoms with Gasteiger partial charge in [-0.15, -0.1) is 14.2 Å². The molecular weight excluding hydrogens is 443 g/mol. The Kier molecular flexibility index (Phi) is 6.07. The van der Waals surface area contributed by atoms with Gasteiger partial charge in [0.15, 0.2) is 5.75 Å². The highest BCUT2D eigenvalue weighted by Crippen LogP contribution is 2.57. The number of hydrogen-bond donors (Lipinski definition) is 0. The highest BCUT2D eigenvalue weighted by Gasteiger charge is 2.86. The average Bonchev–Trinajstić information content (AvgIpc) is 2.44. The van der Waals surface area contributed by atoms with E-state index < -0.39 is 44.0 Å². The third-order valence-electron chi connectivity index (χ3n) is 2.72. The monoisotopic (exact) mass is 454 g/mol. The van der Waals surface area contributed by atoms with Gasteiger partial charge in [-0.3, -0.25) is 0 Å². The summed E-state index contributed by atoms with van der Waals surface area (Å²) in [4.78, 5) is 0. The number of alkyl halides is 9. The van der Waals surface area contributed by atoms with Crippen molar-refractivity contribution in [2.45, 2.75) is 23.3 Å². The predicted octanol–water partition coefficient (Wildman–Crippen LogP) is 4.73. The maximum atomic E-state index is 13.6. The lowest BCUT2D eigenvalue weighted by molar-refractivity contribution is -0.382. The van der Waals surface area contributed by atoms with Crippen LogP contribution < -0.4 is 4.18 Å². The number of para-hydroxylation sites is 1. The Labute approximate surface area is 149 Å². The summed E-state index contributed by atoms with van der Waals surface area (Å²) in [5.74, 6) is -14.9. The topological polar surface area (TPSA) is 52.6 Å². The summed E-state index contributed by atoms with van der Waals surface area (Å²) in [7, 11) is -10.6. The second-order valence-electron chi connectivity index (χ2n) is 5.22. The minimum Gasteiger partial charge on any atom is -0.391 e. The molecule has 0 aliphatic carbocycles. The Morgan fingerprint density at radius 2 is 1.22 bits per heavy atom. The van der Waals surface area contributed by atoms with Crippen molar-refractivity contribution in [3.63, 3.8) is 0 Å². The van der Waals surface area contributed by atoms with Crippen molar-refractivity contribution in [2.75, 3.05) is 12.5 Å². The first-order valence-corrected chi connectivity index (χ1v) is 10.1. The zero-order valence-corrected chi connectivity index (χ0v) is 14.9. The Morgan fingerprint density at radius 3 is 1.63 bits per heavy atom. The first kappa shape index (κ1) is 23.7. The van der Waals surface area contributed by atoms with Crippen LogP contribution in [0.25, 0.3) is 0 Å². The van der Waals surface area contributed by atoms with Crippen molar-refractivity contribution < 1.29 is 55.7 Å². The molecule has 0 saturated carbocycles. The van der Waals surface area contributed by atoms with E-state index in [0.29, 0.717) is 12.5 Å². The van der Waals surface area contributed by atoms with Gasteiger partial charge in [0.05, 0.1) is 0 Å². The third-order valence-corrected chi connectivity index (χ3v) is 6.23. The summed E-state index contributed by atoms with van der Waals surface area (Å²) in [5.41, 5.74) is 0. The van der Waals surface area contributed by atoms with Gasteiger partial charge in [0.25, 0.3) is 0 Å². The Hall–Kier alpha value is -1.35. The van der Waals surface area contributed by atoms with Gasteiger partial charge in [0.2, 0.25) is 0 Å². The van der Waals surface area contributed by atoms with Gasteiger partial charge in [-0.1, -0.05) is 18.2 Å². The van der Waals surface area contributed by atoms with E-state index in [4.69, 9.17) is 4.18 Å². The van der Waals surface area contributed by atoms with Crippen LogP contribution in [0.1, 0.15) is 0 Å². The summed E-state index contributed by atoms with van der Waals surface area (Å²) >= 11 is 0. The molecule has 0 heterocycles. The quantitative estimate of drug-likeness (QED) is 0.559. The number of halogens is 9. The minimum atomic E-state index is -7.36. The van der Waals surface area contributed by atoms with E-state index in [1.807, 2.05) is 0 Å². The molecule has 0 aromatic heterocycles. The molecule has 1 aromatic rings. The molecule has 1 rings (SSSR count). The second-order valence-corrected chi connectivity index (χ2v) is 9.64. The maximum Gasteiger partial charge on any atom is 0.460 e. The predicted molar refractivity (Wildman–Crippen MR) is 77.4 cm³/mol. The zero-order chi connectivity index (χ0) is 21.5. The fraction of sp³-hybridized carbons (Fsp3) is 0.500. The fourth-order valence-electron chi connectivity index (χ4n) is 1.50. The van der Waals surface area contributed by atoms with E-state index >= 15 is 0 Å². The molecule has 4 nitrogen and oxygen atoms in total. The number of hydrogen-bond acceptors (Lipinski definition) is 4. The van der Waals surface area contributed by atoms with Crippen LogP contribution in [0.3, 0.4) is 0 Å². The van der Waals surface area contributed by atoms with Gasteiger partial charge in [-0.2, -0.15) is 47.9 Å². The molecule has 158 valence electrons. The largest absolute Gasteiger partial charge is 0.460 e. The second kappa shape index (κ2) is 6.92. The van der Waals surface area contributed by atoms with Gasteiger partial charge in [-0.25, -0.2) is 0 Å². The Morgan fingerprint density at radius 1 is 0.778 bits per heavy atom. The van der Waals surface area contributed by atoms with Crippen LogP contribution in [0, 0.1) is 0 Å². The van der Waals surface area contributed by atoms with E-state index in [2.05, 4.69) is 3.63 Å². The van der Waals surface area contributed by atoms with Gasteiger partial charge in [0.1, 0.15) is 0 Å². The highest BCUT2D eigenvalue weighted by molar-refractivity contribution is 8.28. The lowest BCUT2D eigenvalue weighted by Crippen LogP contribution is -2.63. The summed E-state index contributed by atoms with van der Waals surface area (Å²) in [6.45, 7) is 0. The van der Waals surface area contributed by atoms with Crippen molar-refractivity contribution in [1.82, 2.24) is 0 Å². The molecule has 0 aliphatic rings. The van der Waals surface area contributed by atoms with Crippen LogP contribution in [-0.2, 0) is 13.7 Å². The minimum absolute atomic E-state index is 0.164. The molecule has 15 heteroatoms. The molecule has 0 spiro atoms. The van der Waals surface area contributed by atoms with E-state index in [1.165, 1.54) is 30.3 Å². The average molecular weight is 454 g/mol. The van der Waals surface area contributed by atoms with Gasteiger partial charge >= 0.3 is 33.4 Å². The van der Waals surface area contributed by atoms with Crippen molar-refractivity contribution >= 4 is 20.7 Å². The van der Waals surface area contributed by atoms with Crippen LogP contribution in [0.2, 0.25) is 0 Å². The normalized spacial score (nSPS) is 15.5. The zero-order valence-electron chi connectivity index (χ0n) is 13.2. The molecule has 0 N–H and O–H groups in total. The molecule has 0 aliphatic heterocycles. The summed E-state index contributed by atoms with van der Waals surface area (Å²) < 4.78 is 147. The van der Waals surface area contributed by atoms with Crippen molar-refractivity contribution in [2.24, 2.45) is 0 Å². The molecule has 0 atom stereocenters. The molecule has 0 saturated heterocycles. The molecule has 0 bridgehead atoms. The van der Waals surface area contributed by atoms with Gasteiger partial charge in [0, 0.05) is 12.5 Å². The Bertz CT molecular complexity index is 761. The summed E-state index contributed by atoms with van der Waals surface area (Å²) in [6, 6.07) is 6.56. The fourth-order valence-corrected chi connectivity index (χ4v) is 4.69. The lowest BCUT2D eigenvalue weighted by atomic mass is 10.1. The van der Waals surface area contributed by atoms with Crippen molar-refractivity contribution in [1.29, 1.82) is 0 Å². The van der Waals surface area contributed by atoms with Gasteiger partial charge in [-0.05, 0) is 12.1 Å². The van der Waals surface area contributed by atoms with E-state index in [1.54, 1.807) is 0 Å². The van der Waals surface area contributed by atoms with E-state index in [0.717, 1.165) is 0 Å². The van der Waals surface area contributed by atoms with Crippen LogP contribution in [-0.4, -0.2) is 44.2 Å². The standard InChI is InChI=1S/C12H11F9O4S2/c1-26(2,24-8-6-4-3-5-7-8)25-27(22,23)12(20,21)10(15,16)9(13,14)11(17,18)19/h3-7H,1-2H3. The van der Waals surface area contributed by atoms with E-state index in [-0.39, 0.29) is 5.75 Å². The first-order chi connectivity index (χ1) is 11.8. The van der Waals surface area contributed by atoms with Crippen LogP contribution in [0.4, 0.5) is 39.5 Å². The molecule has 0 fully saturated rings. The van der Waals surface area contributed by atoms with Crippen LogP contribution in [0.15, 0.2) is 30.3 Å². The molecule has 0 radical (unpaired) electrons. The van der Waals surface area contributed by atoms with Crippen LogP contribution in [0.5, 0.6) is 5.75 Å². The first-order valence-electron chi connectivity index (χ1n) is 6.42. The molecule has 0 amide bonds. The number of benzene rings is 1. The number of rotatable bonds is 7. The van der Waals surface area contributed by atoms with E-state index in [9.17, 15) is 47.9 Å². The maximum absolute atomic E-state index is 13.6. The molecule has 27 heavy (non-hydrogen) atoms. The lowest BCUT2D eigenvalue weighted by Gasteiger charge is -2.38. The van der Waals surface area contributed by atoms with Crippen LogP contribution >= 0.6 is 10.6 Å². The van der Waals surface area contributed by atoms with Crippen molar-refractivity contribution in [3.8, 4) is 5.75 Å². The van der Waals surface area contributed by atoms with Crippen molar-refractivity contribution in [3.05, 3.63) is 30.3 Å². The SMILES string of the molecule is CS(C)(Oc1ccccc1)OS(=O)(=O)C(F)(F)C(F)(F)C(F)(F)C(F)(F)F. The molecule has 1 aromatic carbocycles. The molecule has 0 unspecified atom stereocenters. The summed E-state index contributed by atoms with van der Waals surface area (Å²) in [6.07, 6.45) is -5.72. The smallest absolute Gasteiger partial charge is 0.391 e. The molecular formula is C12H11F9O4S2. The third kappa shape index (κ3) is 4.39. The highest BCUT2D eigenvalue weighted by atomic mass is 32.3. The summed E-state index contributed by atoms with van der Waals surface area (Å²) in [5, 5.41) is -6.93.